The van der Waals surface area contributed by atoms with Crippen molar-refractivity contribution < 1.29 is 23.9 Å². The molecule has 0 aromatic rings. The standard InChI is InChI=1S/C15H30N4O4/c1-14(2,3)22-12(20)18-19(13(21)23-15(4,5)6)17-11-9-7-8-10-16/h7-11,16H2,1-6H3/p+1. The van der Waals surface area contributed by atoms with Gasteiger partial charge in [0.25, 0.3) is 0 Å². The van der Waals surface area contributed by atoms with Gasteiger partial charge >= 0.3 is 12.2 Å². The van der Waals surface area contributed by atoms with Crippen LogP contribution in [0.3, 0.4) is 0 Å². The van der Waals surface area contributed by atoms with Gasteiger partial charge in [-0.3, -0.25) is 0 Å². The highest BCUT2D eigenvalue weighted by atomic mass is 16.6. The Morgan fingerprint density at radius 1 is 1.00 bits per heavy atom. The lowest BCUT2D eigenvalue weighted by molar-refractivity contribution is -0.564. The number of nitrogens with two attached hydrogens (primary N) is 1. The van der Waals surface area contributed by atoms with Gasteiger partial charge in [-0.2, -0.15) is 4.79 Å². The molecule has 8 nitrogen and oxygen atoms in total. The maximum atomic E-state index is 12.1. The van der Waals surface area contributed by atoms with Gasteiger partial charge in [0.15, 0.2) is 0 Å². The van der Waals surface area contributed by atoms with E-state index in [0.717, 1.165) is 24.1 Å². The van der Waals surface area contributed by atoms with E-state index in [-0.39, 0.29) is 0 Å². The molecular formula is C15H31N4O4+. The van der Waals surface area contributed by atoms with Crippen molar-refractivity contribution in [2.75, 3.05) is 13.1 Å². The molecule has 0 aromatic heterocycles. The zero-order valence-electron chi connectivity index (χ0n) is 15.1. The average Bonchev–Trinajstić information content (AvgIpc) is 2.32. The van der Waals surface area contributed by atoms with Crippen molar-refractivity contribution in [3.63, 3.8) is 0 Å². The molecule has 0 saturated carbocycles. The highest BCUT2D eigenvalue weighted by molar-refractivity contribution is 5.68. The Kier molecular flexibility index (Phi) is 8.74. The number of hydrogen-bond acceptors (Lipinski definition) is 6. The van der Waals surface area contributed by atoms with Crippen molar-refractivity contribution in [2.45, 2.75) is 72.0 Å². The number of nitrogens with one attached hydrogen (secondary N) is 1. The van der Waals surface area contributed by atoms with Crippen molar-refractivity contribution in [3.05, 3.63) is 0 Å². The lowest BCUT2D eigenvalue weighted by Gasteiger charge is -2.18. The smallest absolute Gasteiger partial charge is 0.440 e. The Bertz CT molecular complexity index is 422. The van der Waals surface area contributed by atoms with Crippen LogP contribution in [-0.2, 0) is 9.47 Å². The van der Waals surface area contributed by atoms with E-state index < -0.39 is 23.4 Å². The molecule has 0 spiro atoms. The van der Waals surface area contributed by atoms with E-state index in [1.54, 1.807) is 41.5 Å². The summed E-state index contributed by atoms with van der Waals surface area (Å²) in [7, 11) is 0. The number of nitrogens with zero attached hydrogens (tertiary/aromatic N) is 2. The van der Waals surface area contributed by atoms with Crippen LogP contribution in [0.1, 0.15) is 60.8 Å². The summed E-state index contributed by atoms with van der Waals surface area (Å²) in [6, 6.07) is 0. The minimum atomic E-state index is -0.769. The maximum absolute atomic E-state index is 12.1. The van der Waals surface area contributed by atoms with Crippen LogP contribution in [0.25, 0.3) is 0 Å². The number of amides is 2. The highest BCUT2D eigenvalue weighted by Gasteiger charge is 2.32. The molecule has 0 heterocycles. The molecule has 0 saturated heterocycles. The molecule has 2 amide bonds. The summed E-state index contributed by atoms with van der Waals surface area (Å²) in [5.41, 5.74) is 6.35. The van der Waals surface area contributed by atoms with E-state index >= 15 is 0 Å². The van der Waals surface area contributed by atoms with Gasteiger partial charge < -0.3 is 15.2 Å². The second-order valence-corrected chi connectivity index (χ2v) is 7.12. The second kappa shape index (κ2) is 9.44. The largest absolute Gasteiger partial charge is 0.653 e. The predicted molar refractivity (Wildman–Crippen MR) is 86.1 cm³/mol. The SMILES string of the molecule is CC(C)(C)OC(=O)N[N+](=NCCCCCN)C(=O)OC(C)(C)C. The molecule has 0 aliphatic heterocycles. The summed E-state index contributed by atoms with van der Waals surface area (Å²) in [4.78, 5) is 24.7. The first-order chi connectivity index (χ1) is 10.4. The molecule has 0 aliphatic rings. The van der Waals surface area contributed by atoms with E-state index in [0.29, 0.717) is 13.1 Å². The third-order valence-electron chi connectivity index (χ3n) is 2.27. The monoisotopic (exact) mass is 331 g/mol. The summed E-state index contributed by atoms with van der Waals surface area (Å²) < 4.78 is 10.3. The van der Waals surface area contributed by atoms with Crippen molar-refractivity contribution in [2.24, 2.45) is 10.8 Å². The van der Waals surface area contributed by atoms with E-state index in [1.807, 2.05) is 0 Å². The van der Waals surface area contributed by atoms with Crippen molar-refractivity contribution in [1.29, 1.82) is 0 Å². The van der Waals surface area contributed by atoms with Gasteiger partial charge in [-0.05, 0) is 66.0 Å². The molecule has 0 atom stereocenters. The maximum Gasteiger partial charge on any atom is 0.653 e. The van der Waals surface area contributed by atoms with Crippen LogP contribution < -0.4 is 11.2 Å². The number of carbonyl (C=O) groups excluding carboxylic acids is 2. The molecule has 0 bridgehead atoms. The molecule has 3 N–H and O–H groups in total. The van der Waals surface area contributed by atoms with Crippen molar-refractivity contribution in [1.82, 2.24) is 5.43 Å². The number of hydrogen-bond donors (Lipinski definition) is 2. The van der Waals surface area contributed by atoms with Gasteiger partial charge in [0, 0.05) is 0 Å². The Labute approximate surface area is 138 Å². The van der Waals surface area contributed by atoms with E-state index in [4.69, 9.17) is 15.2 Å². The molecule has 0 aromatic carbocycles. The van der Waals surface area contributed by atoms with Crippen LogP contribution in [0.2, 0.25) is 0 Å². The third kappa shape index (κ3) is 12.5. The number of ether oxygens (including phenoxy) is 2. The highest BCUT2D eigenvalue weighted by Crippen LogP contribution is 2.09. The van der Waals surface area contributed by atoms with Gasteiger partial charge in [-0.1, -0.05) is 11.8 Å². The molecule has 0 radical (unpaired) electrons. The topological polar surface area (TPSA) is 106 Å². The Hall–Kier alpha value is -1.70. The number of unbranched alkanes of at least 4 members (excludes halogenated alkanes) is 2. The van der Waals surface area contributed by atoms with E-state index in [2.05, 4.69) is 10.5 Å². The zero-order valence-corrected chi connectivity index (χ0v) is 15.1. The molecule has 8 heteroatoms. The van der Waals surface area contributed by atoms with Gasteiger partial charge in [-0.15, -0.1) is 0 Å². The summed E-state index contributed by atoms with van der Waals surface area (Å²) in [6.45, 7) is 11.4. The first kappa shape index (κ1) is 21.3. The first-order valence-electron chi connectivity index (χ1n) is 7.85. The fraction of sp³-hybridized carbons (Fsp3) is 0.867. The van der Waals surface area contributed by atoms with Gasteiger partial charge in [0.05, 0.1) is 0 Å². The van der Waals surface area contributed by atoms with Crippen molar-refractivity contribution in [3.8, 4) is 0 Å². The fourth-order valence-electron chi connectivity index (χ4n) is 1.43. The Morgan fingerprint density at radius 2 is 1.57 bits per heavy atom. The van der Waals surface area contributed by atoms with Crippen LogP contribution in [0.4, 0.5) is 9.59 Å². The summed E-state index contributed by atoms with van der Waals surface area (Å²) in [5.74, 6) is 0. The zero-order chi connectivity index (χ0) is 18.1. The fourth-order valence-corrected chi connectivity index (χ4v) is 1.43. The number of azo groups is 1. The molecule has 0 unspecified atom stereocenters. The third-order valence-corrected chi connectivity index (χ3v) is 2.27. The molecule has 134 valence electrons. The average molecular weight is 331 g/mol. The number of hydrazine groups is 1. The van der Waals surface area contributed by atoms with Gasteiger partial charge in [-0.25, -0.2) is 4.79 Å². The number of rotatable bonds is 5. The molecular weight excluding hydrogens is 300 g/mol. The first-order valence-corrected chi connectivity index (χ1v) is 7.85. The van der Waals surface area contributed by atoms with Crippen molar-refractivity contribution >= 4 is 12.2 Å². The number of carbonyl (C=O) groups is 2. The van der Waals surface area contributed by atoms with Crippen LogP contribution >= 0.6 is 0 Å². The quantitative estimate of drug-likeness (QED) is 0.349. The Balaban J connectivity index is 4.82. The van der Waals surface area contributed by atoms with E-state index in [1.165, 1.54) is 0 Å². The predicted octanol–water partition coefficient (Wildman–Crippen LogP) is 2.95. The lowest BCUT2D eigenvalue weighted by atomic mass is 10.2. The van der Waals surface area contributed by atoms with Crippen LogP contribution in [0.15, 0.2) is 5.11 Å². The molecule has 0 rings (SSSR count). The molecule has 0 fully saturated rings. The van der Waals surface area contributed by atoms with Crippen LogP contribution in [0.5, 0.6) is 0 Å². The normalized spacial score (nSPS) is 12.7. The minimum absolute atomic E-state index is 0.370. The summed E-state index contributed by atoms with van der Waals surface area (Å²) in [6.07, 6.45) is 1.01. The summed E-state index contributed by atoms with van der Waals surface area (Å²) in [5, 5.41) is 4.06. The minimum Gasteiger partial charge on any atom is -0.440 e. The van der Waals surface area contributed by atoms with Gasteiger partial charge in [0.1, 0.15) is 22.6 Å². The van der Waals surface area contributed by atoms with Gasteiger partial charge in [0.2, 0.25) is 0 Å². The summed E-state index contributed by atoms with van der Waals surface area (Å²) >= 11 is 0. The van der Waals surface area contributed by atoms with Crippen LogP contribution in [-0.4, -0.2) is 41.3 Å². The van der Waals surface area contributed by atoms with Crippen LogP contribution in [0, 0.1) is 0 Å². The van der Waals surface area contributed by atoms with E-state index in [9.17, 15) is 9.59 Å². The Morgan fingerprint density at radius 3 is 2.04 bits per heavy atom. The second-order valence-electron chi connectivity index (χ2n) is 7.12. The lowest BCUT2D eigenvalue weighted by Crippen LogP contribution is -2.43. The molecule has 0 aliphatic carbocycles. The molecule has 23 heavy (non-hydrogen) atoms.